The maximum Gasteiger partial charge on any atom is 0.416 e. The van der Waals surface area contributed by atoms with Crippen LogP contribution in [0.4, 0.5) is 18.9 Å². The summed E-state index contributed by atoms with van der Waals surface area (Å²) >= 11 is 18.7. The maximum atomic E-state index is 13.2. The summed E-state index contributed by atoms with van der Waals surface area (Å²) in [7, 11) is 0. The summed E-state index contributed by atoms with van der Waals surface area (Å²) in [4.78, 5) is 17.0. The van der Waals surface area contributed by atoms with E-state index >= 15 is 0 Å². The highest BCUT2D eigenvalue weighted by Gasteiger charge is 2.33. The minimum Gasteiger partial charge on any atom is -0.360 e. The molecule has 1 aliphatic heterocycles. The number of alkyl halides is 3. The molecule has 1 saturated heterocycles. The minimum absolute atomic E-state index is 0.111. The Morgan fingerprint density at radius 2 is 1.63 bits per heavy atom. The zero-order chi connectivity index (χ0) is 25.3. The third kappa shape index (κ3) is 6.05. The summed E-state index contributed by atoms with van der Waals surface area (Å²) < 4.78 is 39.7. The minimum atomic E-state index is -4.47. The van der Waals surface area contributed by atoms with Gasteiger partial charge >= 0.3 is 6.18 Å². The van der Waals surface area contributed by atoms with E-state index in [2.05, 4.69) is 4.90 Å². The van der Waals surface area contributed by atoms with E-state index in [0.29, 0.717) is 45.8 Å². The lowest BCUT2D eigenvalue weighted by atomic mass is 9.99. The third-order valence-electron chi connectivity index (χ3n) is 6.03. The lowest BCUT2D eigenvalue weighted by Gasteiger charge is -2.43. The molecule has 9 heteroatoms. The molecule has 1 atom stereocenters. The quantitative estimate of drug-likeness (QED) is 0.339. The lowest BCUT2D eigenvalue weighted by molar-refractivity contribution is -0.138. The van der Waals surface area contributed by atoms with Crippen molar-refractivity contribution in [2.24, 2.45) is 0 Å². The van der Waals surface area contributed by atoms with Gasteiger partial charge < -0.3 is 9.80 Å². The van der Waals surface area contributed by atoms with Gasteiger partial charge in [-0.2, -0.15) is 13.2 Å². The molecule has 3 aromatic carbocycles. The Balaban J connectivity index is 1.60. The highest BCUT2D eigenvalue weighted by Crippen LogP contribution is 2.37. The van der Waals surface area contributed by atoms with Gasteiger partial charge in [-0.3, -0.25) is 4.79 Å². The van der Waals surface area contributed by atoms with Crippen molar-refractivity contribution in [3.05, 3.63) is 98.0 Å². The fourth-order valence-corrected chi connectivity index (χ4v) is 5.04. The monoisotopic (exact) mass is 540 g/mol. The number of hydrogen-bond donors (Lipinski definition) is 0. The second-order valence-corrected chi connectivity index (χ2v) is 9.86. The van der Waals surface area contributed by atoms with E-state index in [1.54, 1.807) is 42.2 Å². The average Bonchev–Trinajstić information content (AvgIpc) is 2.78. The Hall–Kier alpha value is -2.41. The normalized spacial score (nSPS) is 16.5. The maximum absolute atomic E-state index is 13.2. The molecule has 3 aromatic rings. The van der Waals surface area contributed by atoms with Crippen molar-refractivity contribution in [3.63, 3.8) is 0 Å². The first kappa shape index (κ1) is 25.7. The second kappa shape index (κ2) is 10.3. The van der Waals surface area contributed by atoms with Gasteiger partial charge in [-0.05, 0) is 60.5 Å². The Morgan fingerprint density at radius 1 is 0.943 bits per heavy atom. The largest absolute Gasteiger partial charge is 0.416 e. The number of nitrogens with zero attached hydrogens (tertiary/aromatic N) is 2. The molecule has 3 nitrogen and oxygen atoms in total. The number of carbonyl (C=O) groups is 1. The van der Waals surface area contributed by atoms with E-state index in [-0.39, 0.29) is 18.4 Å². The number of carbonyl (C=O) groups excluding carboxylic acids is 1. The summed E-state index contributed by atoms with van der Waals surface area (Å²) in [5.74, 6) is -0.232. The molecule has 1 amide bonds. The number of hydrogen-bond acceptors (Lipinski definition) is 2. The molecule has 0 bridgehead atoms. The van der Waals surface area contributed by atoms with Crippen LogP contribution < -0.4 is 4.90 Å². The van der Waals surface area contributed by atoms with Gasteiger partial charge in [0, 0.05) is 29.7 Å². The first-order chi connectivity index (χ1) is 16.5. The Kier molecular flexibility index (Phi) is 7.55. The van der Waals surface area contributed by atoms with Crippen LogP contribution in [0.25, 0.3) is 0 Å². The van der Waals surface area contributed by atoms with Gasteiger partial charge in [0.1, 0.15) is 0 Å². The van der Waals surface area contributed by atoms with Crippen molar-refractivity contribution >= 4 is 46.4 Å². The Morgan fingerprint density at radius 3 is 2.29 bits per heavy atom. The number of anilines is 1. The molecule has 0 saturated carbocycles. The molecular weight excluding hydrogens is 520 g/mol. The predicted octanol–water partition coefficient (Wildman–Crippen LogP) is 7.61. The van der Waals surface area contributed by atoms with E-state index in [1.165, 1.54) is 0 Å². The first-order valence-electron chi connectivity index (χ1n) is 10.9. The third-order valence-corrected chi connectivity index (χ3v) is 6.82. The van der Waals surface area contributed by atoms with Gasteiger partial charge in [-0.1, -0.05) is 58.6 Å². The van der Waals surface area contributed by atoms with Crippen LogP contribution in [0.2, 0.25) is 15.1 Å². The zero-order valence-electron chi connectivity index (χ0n) is 18.7. The van der Waals surface area contributed by atoms with Gasteiger partial charge in [0.25, 0.3) is 0 Å². The highest BCUT2D eigenvalue weighted by molar-refractivity contribution is 6.36. The van der Waals surface area contributed by atoms with Crippen molar-refractivity contribution in [1.29, 1.82) is 0 Å². The molecule has 184 valence electrons. The number of benzene rings is 3. The number of rotatable bonds is 4. The molecule has 0 spiro atoms. The van der Waals surface area contributed by atoms with E-state index in [0.717, 1.165) is 23.4 Å². The summed E-state index contributed by atoms with van der Waals surface area (Å²) in [6.07, 6.45) is -4.58. The predicted molar refractivity (Wildman–Crippen MR) is 134 cm³/mol. The van der Waals surface area contributed by atoms with Gasteiger partial charge in [0.05, 0.1) is 28.7 Å². The topological polar surface area (TPSA) is 23.6 Å². The molecule has 1 aliphatic rings. The molecular formula is C26H22Cl3F3N2O. The number of halogens is 6. The first-order valence-corrected chi connectivity index (χ1v) is 12.1. The fourth-order valence-electron chi connectivity index (χ4n) is 4.40. The van der Waals surface area contributed by atoms with Crippen molar-refractivity contribution in [3.8, 4) is 0 Å². The second-order valence-electron chi connectivity index (χ2n) is 8.58. The van der Waals surface area contributed by atoms with Gasteiger partial charge in [-0.25, -0.2) is 0 Å². The van der Waals surface area contributed by atoms with Crippen molar-refractivity contribution in [2.75, 3.05) is 24.5 Å². The van der Waals surface area contributed by atoms with Crippen molar-refractivity contribution < 1.29 is 18.0 Å². The van der Waals surface area contributed by atoms with E-state index < -0.39 is 11.7 Å². The highest BCUT2D eigenvalue weighted by atomic mass is 35.5. The molecule has 1 unspecified atom stereocenters. The molecule has 0 N–H and O–H groups in total. The summed E-state index contributed by atoms with van der Waals surface area (Å²) in [6, 6.07) is 16.2. The molecule has 0 aliphatic carbocycles. The van der Waals surface area contributed by atoms with Gasteiger partial charge in [0.15, 0.2) is 0 Å². The molecule has 1 heterocycles. The van der Waals surface area contributed by atoms with E-state index in [9.17, 15) is 18.0 Å². The average molecular weight is 542 g/mol. The van der Waals surface area contributed by atoms with Crippen molar-refractivity contribution in [2.45, 2.75) is 25.6 Å². The number of amides is 1. The van der Waals surface area contributed by atoms with Crippen LogP contribution in [0.1, 0.15) is 28.3 Å². The van der Waals surface area contributed by atoms with Crippen LogP contribution >= 0.6 is 34.8 Å². The summed E-state index contributed by atoms with van der Waals surface area (Å²) in [5.41, 5.74) is 1.78. The Labute approximate surface area is 217 Å². The number of piperazine rings is 1. The number of aryl methyl sites for hydroxylation is 1. The van der Waals surface area contributed by atoms with Crippen LogP contribution in [0.3, 0.4) is 0 Å². The summed E-state index contributed by atoms with van der Waals surface area (Å²) in [5, 5.41) is 1.61. The van der Waals surface area contributed by atoms with Gasteiger partial charge in [0.2, 0.25) is 5.91 Å². The smallest absolute Gasteiger partial charge is 0.360 e. The molecule has 0 radical (unpaired) electrons. The summed E-state index contributed by atoms with van der Waals surface area (Å²) in [6.45, 7) is 2.83. The van der Waals surface area contributed by atoms with E-state index in [1.807, 2.05) is 18.2 Å². The van der Waals surface area contributed by atoms with Crippen LogP contribution in [-0.2, 0) is 17.4 Å². The molecule has 35 heavy (non-hydrogen) atoms. The molecule has 1 fully saturated rings. The van der Waals surface area contributed by atoms with Crippen LogP contribution in [0.15, 0.2) is 60.7 Å². The van der Waals surface area contributed by atoms with Crippen LogP contribution in [-0.4, -0.2) is 30.4 Å². The van der Waals surface area contributed by atoms with Crippen LogP contribution in [0, 0.1) is 6.92 Å². The Bertz CT molecular complexity index is 1230. The van der Waals surface area contributed by atoms with E-state index in [4.69, 9.17) is 34.8 Å². The molecule has 4 rings (SSSR count). The fraction of sp³-hybridized carbons (Fsp3) is 0.269. The zero-order valence-corrected chi connectivity index (χ0v) is 21.0. The molecule has 0 aromatic heterocycles. The standard InChI is InChI=1S/C26H22Cl3F3N2O/c1-16-10-17(12-19(11-16)26(30,31)32)13-25(35)33-8-9-34(23-7-6-21(28)14-22(23)29)24(15-33)18-2-4-20(27)5-3-18/h2-7,10-12,14,24H,8-9,13,15H2,1H3. The SMILES string of the molecule is Cc1cc(CC(=O)N2CCN(c3ccc(Cl)cc3Cl)C(c3ccc(Cl)cc3)C2)cc(C(F)(F)F)c1. The lowest BCUT2D eigenvalue weighted by Crippen LogP contribution is -2.51. The van der Waals surface area contributed by atoms with Gasteiger partial charge in [-0.15, -0.1) is 0 Å². The van der Waals surface area contributed by atoms with Crippen molar-refractivity contribution in [1.82, 2.24) is 4.90 Å². The van der Waals surface area contributed by atoms with Crippen LogP contribution in [0.5, 0.6) is 0 Å².